The van der Waals surface area contributed by atoms with E-state index in [1.54, 1.807) is 12.5 Å². The fraction of sp³-hybridized carbons (Fsp3) is 0.217. The molecule has 0 saturated carbocycles. The highest BCUT2D eigenvalue weighted by Crippen LogP contribution is 2.30. The number of rotatable bonds is 3. The maximum Gasteiger partial charge on any atom is 0.253 e. The Morgan fingerprint density at radius 2 is 1.63 bits per heavy atom. The van der Waals surface area contributed by atoms with Gasteiger partial charge >= 0.3 is 0 Å². The van der Waals surface area contributed by atoms with Crippen LogP contribution in [0.5, 0.6) is 0 Å². The predicted octanol–water partition coefficient (Wildman–Crippen LogP) is 3.17. The van der Waals surface area contributed by atoms with Gasteiger partial charge in [-0.15, -0.1) is 10.2 Å². The van der Waals surface area contributed by atoms with Gasteiger partial charge in [-0.25, -0.2) is 4.98 Å². The second-order valence-electron chi connectivity index (χ2n) is 7.52. The molecule has 1 amide bonds. The van der Waals surface area contributed by atoms with Gasteiger partial charge in [0.15, 0.2) is 11.6 Å². The number of benzene rings is 2. The predicted molar refractivity (Wildman–Crippen MR) is 116 cm³/mol. The van der Waals surface area contributed by atoms with Gasteiger partial charge in [-0.2, -0.15) is 0 Å². The molecule has 2 aromatic heterocycles. The Bertz CT molecular complexity index is 1180. The lowest BCUT2D eigenvalue weighted by molar-refractivity contribution is 0.0726. The third-order valence-corrected chi connectivity index (χ3v) is 5.60. The number of carbonyl (C=O) groups excluding carboxylic acids is 1. The summed E-state index contributed by atoms with van der Waals surface area (Å²) in [6.45, 7) is 4.14. The molecule has 0 spiro atoms. The summed E-state index contributed by atoms with van der Waals surface area (Å²) in [5, 5.41) is 11.2. The lowest BCUT2D eigenvalue weighted by atomic mass is 10.1. The van der Waals surface area contributed by atoms with Crippen molar-refractivity contribution in [2.75, 3.05) is 24.5 Å². The highest BCUT2D eigenvalue weighted by molar-refractivity contribution is 5.97. The molecule has 150 valence electrons. The Kier molecular flexibility index (Phi) is 4.63. The van der Waals surface area contributed by atoms with Crippen LogP contribution in [-0.2, 0) is 0 Å². The van der Waals surface area contributed by atoms with Gasteiger partial charge in [-0.1, -0.05) is 42.5 Å². The van der Waals surface area contributed by atoms with Gasteiger partial charge in [0, 0.05) is 54.4 Å². The molecule has 4 aromatic rings. The van der Waals surface area contributed by atoms with Gasteiger partial charge < -0.3 is 9.80 Å². The Labute approximate surface area is 174 Å². The zero-order valence-corrected chi connectivity index (χ0v) is 16.7. The maximum atomic E-state index is 12.8. The summed E-state index contributed by atoms with van der Waals surface area (Å²) < 4.78 is 1.87. The number of nitrogens with zero attached hydrogens (tertiary/aromatic N) is 6. The molecular formula is C23H22N6O. The summed E-state index contributed by atoms with van der Waals surface area (Å²) in [5.41, 5.74) is 0.730. The van der Waals surface area contributed by atoms with Crippen LogP contribution in [0.3, 0.4) is 0 Å². The molecule has 0 bridgehead atoms. The third kappa shape index (κ3) is 3.18. The van der Waals surface area contributed by atoms with E-state index in [2.05, 4.69) is 39.1 Å². The quantitative estimate of drug-likeness (QED) is 0.530. The fourth-order valence-electron chi connectivity index (χ4n) is 4.08. The van der Waals surface area contributed by atoms with Gasteiger partial charge in [0.05, 0.1) is 0 Å². The topological polar surface area (TPSA) is 67.2 Å². The first-order valence-electron chi connectivity index (χ1n) is 10.1. The van der Waals surface area contributed by atoms with E-state index in [0.29, 0.717) is 19.6 Å². The Morgan fingerprint density at radius 1 is 0.933 bits per heavy atom. The van der Waals surface area contributed by atoms with Gasteiger partial charge in [-0.3, -0.25) is 9.36 Å². The summed E-state index contributed by atoms with van der Waals surface area (Å²) in [4.78, 5) is 21.1. The minimum Gasteiger partial charge on any atom is -0.348 e. The Balaban J connectivity index is 1.44. The third-order valence-electron chi connectivity index (χ3n) is 5.60. The Morgan fingerprint density at radius 3 is 2.33 bits per heavy atom. The molecule has 7 heteroatoms. The molecule has 0 unspecified atom stereocenters. The van der Waals surface area contributed by atoms with Crippen molar-refractivity contribution >= 4 is 22.5 Å². The number of carbonyl (C=O) groups is 1. The number of anilines is 1. The van der Waals surface area contributed by atoms with Gasteiger partial charge in [0.2, 0.25) is 0 Å². The van der Waals surface area contributed by atoms with Gasteiger partial charge in [0.25, 0.3) is 5.91 Å². The first-order valence-corrected chi connectivity index (χ1v) is 10.1. The monoisotopic (exact) mass is 398 g/mol. The Hall–Kier alpha value is -3.74. The van der Waals surface area contributed by atoms with Crippen LogP contribution in [0.4, 0.5) is 5.82 Å². The summed E-state index contributed by atoms with van der Waals surface area (Å²) in [7, 11) is 0. The van der Waals surface area contributed by atoms with Crippen molar-refractivity contribution in [2.45, 2.75) is 13.0 Å². The van der Waals surface area contributed by atoms with Crippen LogP contribution in [0, 0.1) is 0 Å². The van der Waals surface area contributed by atoms with Crippen molar-refractivity contribution in [3.8, 4) is 5.82 Å². The van der Waals surface area contributed by atoms with Crippen LogP contribution in [0.2, 0.25) is 0 Å². The van der Waals surface area contributed by atoms with E-state index in [1.165, 1.54) is 0 Å². The summed E-state index contributed by atoms with van der Waals surface area (Å²) in [6.07, 6.45) is 5.33. The molecule has 3 heterocycles. The normalized spacial score (nSPS) is 16.8. The molecule has 1 saturated heterocycles. The van der Waals surface area contributed by atoms with Crippen LogP contribution in [0.25, 0.3) is 16.6 Å². The van der Waals surface area contributed by atoms with Crippen molar-refractivity contribution in [1.82, 2.24) is 24.6 Å². The summed E-state index contributed by atoms with van der Waals surface area (Å²) in [5.74, 6) is 1.69. The smallest absolute Gasteiger partial charge is 0.253 e. The minimum atomic E-state index is 0.0773. The van der Waals surface area contributed by atoms with Crippen molar-refractivity contribution in [3.63, 3.8) is 0 Å². The summed E-state index contributed by atoms with van der Waals surface area (Å²) in [6, 6.07) is 17.8. The molecule has 1 atom stereocenters. The lowest BCUT2D eigenvalue weighted by Gasteiger charge is -2.40. The number of hydrogen-bond acceptors (Lipinski definition) is 5. The van der Waals surface area contributed by atoms with E-state index in [4.69, 9.17) is 0 Å². The molecule has 30 heavy (non-hydrogen) atoms. The van der Waals surface area contributed by atoms with E-state index in [-0.39, 0.29) is 11.9 Å². The second-order valence-corrected chi connectivity index (χ2v) is 7.52. The summed E-state index contributed by atoms with van der Waals surface area (Å²) >= 11 is 0. The molecule has 2 aromatic carbocycles. The van der Waals surface area contributed by atoms with E-state index in [0.717, 1.165) is 28.0 Å². The molecule has 5 rings (SSSR count). The van der Waals surface area contributed by atoms with Crippen LogP contribution in [-0.4, -0.2) is 56.2 Å². The zero-order valence-electron chi connectivity index (χ0n) is 16.7. The van der Waals surface area contributed by atoms with E-state index in [1.807, 2.05) is 58.1 Å². The standard InChI is InChI=1S/C23H22N6O/c1-17-15-27(23(30)18-7-3-2-4-8-18)13-14-29(17)22-20-10-6-5-9-19(20)21(25-26-22)28-12-11-24-16-28/h2-12,16-17H,13-15H2,1H3/t17-/m1/s1. The van der Waals surface area contributed by atoms with Crippen molar-refractivity contribution < 1.29 is 4.79 Å². The number of imidazole rings is 1. The average Bonchev–Trinajstić information content (AvgIpc) is 3.33. The molecule has 0 N–H and O–H groups in total. The zero-order chi connectivity index (χ0) is 20.5. The molecule has 0 aliphatic carbocycles. The number of hydrogen-bond donors (Lipinski definition) is 0. The molecule has 0 radical (unpaired) electrons. The average molecular weight is 398 g/mol. The number of fused-ring (bicyclic) bond motifs is 1. The van der Waals surface area contributed by atoms with Crippen molar-refractivity contribution in [2.24, 2.45) is 0 Å². The number of piperazine rings is 1. The first kappa shape index (κ1) is 18.3. The highest BCUT2D eigenvalue weighted by Gasteiger charge is 2.29. The second kappa shape index (κ2) is 7.59. The van der Waals surface area contributed by atoms with E-state index in [9.17, 15) is 4.79 Å². The molecule has 1 aliphatic rings. The van der Waals surface area contributed by atoms with Crippen molar-refractivity contribution in [1.29, 1.82) is 0 Å². The molecule has 1 aliphatic heterocycles. The van der Waals surface area contributed by atoms with Crippen LogP contribution >= 0.6 is 0 Å². The SMILES string of the molecule is C[C@@H]1CN(C(=O)c2ccccc2)CCN1c1nnc(-n2ccnc2)c2ccccc12. The number of amides is 1. The van der Waals surface area contributed by atoms with E-state index < -0.39 is 0 Å². The van der Waals surface area contributed by atoms with Crippen LogP contribution in [0.15, 0.2) is 73.3 Å². The molecule has 7 nitrogen and oxygen atoms in total. The molecule has 1 fully saturated rings. The van der Waals surface area contributed by atoms with E-state index >= 15 is 0 Å². The van der Waals surface area contributed by atoms with Crippen LogP contribution < -0.4 is 4.90 Å². The maximum absolute atomic E-state index is 12.8. The van der Waals surface area contributed by atoms with Gasteiger partial charge in [0.1, 0.15) is 6.33 Å². The van der Waals surface area contributed by atoms with Crippen molar-refractivity contribution in [3.05, 3.63) is 78.9 Å². The van der Waals surface area contributed by atoms with Gasteiger partial charge in [-0.05, 0) is 19.1 Å². The fourth-order valence-corrected chi connectivity index (χ4v) is 4.08. The largest absolute Gasteiger partial charge is 0.348 e. The lowest BCUT2D eigenvalue weighted by Crippen LogP contribution is -2.54. The number of aromatic nitrogens is 4. The van der Waals surface area contributed by atoms with Crippen LogP contribution in [0.1, 0.15) is 17.3 Å². The minimum absolute atomic E-state index is 0.0773. The first-order chi connectivity index (χ1) is 14.7. The highest BCUT2D eigenvalue weighted by atomic mass is 16.2. The molecular weight excluding hydrogens is 376 g/mol.